The highest BCUT2D eigenvalue weighted by Crippen LogP contribution is 2.27. The molecule has 0 spiro atoms. The molecule has 1 N–H and O–H groups in total. The molecular formula is C14H22N2O. The van der Waals surface area contributed by atoms with E-state index >= 15 is 0 Å². The molecule has 17 heavy (non-hydrogen) atoms. The maximum Gasteiger partial charge on any atom is 0.120 e. The molecule has 1 atom stereocenters. The molecule has 3 nitrogen and oxygen atoms in total. The van der Waals surface area contributed by atoms with Crippen LogP contribution < -0.4 is 15.0 Å². The number of benzene rings is 1. The van der Waals surface area contributed by atoms with Crippen LogP contribution in [-0.4, -0.2) is 32.8 Å². The van der Waals surface area contributed by atoms with Crippen LogP contribution >= 0.6 is 0 Å². The first kappa shape index (κ1) is 12.2. The highest BCUT2D eigenvalue weighted by Gasteiger charge is 2.29. The largest absolute Gasteiger partial charge is 0.497 e. The van der Waals surface area contributed by atoms with Crippen LogP contribution in [-0.2, 0) is 0 Å². The molecule has 1 aliphatic rings. The third kappa shape index (κ3) is 2.72. The number of rotatable bonds is 3. The van der Waals surface area contributed by atoms with Gasteiger partial charge in [0.1, 0.15) is 5.75 Å². The molecule has 1 fully saturated rings. The second-order valence-corrected chi connectivity index (χ2v) is 5.04. The molecule has 94 valence electrons. The summed E-state index contributed by atoms with van der Waals surface area (Å²) < 4.78 is 5.28. The van der Waals surface area contributed by atoms with E-state index in [1.165, 1.54) is 18.5 Å². The van der Waals surface area contributed by atoms with Crippen molar-refractivity contribution in [3.05, 3.63) is 24.3 Å². The van der Waals surface area contributed by atoms with E-state index < -0.39 is 0 Å². The van der Waals surface area contributed by atoms with Crippen LogP contribution in [0, 0.1) is 0 Å². The first-order chi connectivity index (χ1) is 8.17. The number of hydrogen-bond donors (Lipinski definition) is 1. The molecule has 0 radical (unpaired) electrons. The molecule has 1 aromatic rings. The van der Waals surface area contributed by atoms with Gasteiger partial charge in [-0.25, -0.2) is 0 Å². The van der Waals surface area contributed by atoms with E-state index in [4.69, 9.17) is 4.74 Å². The van der Waals surface area contributed by atoms with E-state index in [1.54, 1.807) is 7.11 Å². The summed E-state index contributed by atoms with van der Waals surface area (Å²) in [6.45, 7) is 4.47. The Hall–Kier alpha value is -1.22. The smallest absolute Gasteiger partial charge is 0.120 e. The van der Waals surface area contributed by atoms with E-state index in [2.05, 4.69) is 42.4 Å². The Morgan fingerprint density at radius 3 is 2.94 bits per heavy atom. The van der Waals surface area contributed by atoms with Gasteiger partial charge in [0.25, 0.3) is 0 Å². The first-order valence-corrected chi connectivity index (χ1v) is 6.25. The Kier molecular flexibility index (Phi) is 3.57. The van der Waals surface area contributed by atoms with E-state index in [-0.39, 0.29) is 5.54 Å². The van der Waals surface area contributed by atoms with Crippen LogP contribution in [0.2, 0.25) is 0 Å². The lowest BCUT2D eigenvalue weighted by molar-refractivity contribution is 0.316. The number of methoxy groups -OCH3 is 1. The average Bonchev–Trinajstić information content (AvgIpc) is 2.39. The Morgan fingerprint density at radius 2 is 2.24 bits per heavy atom. The van der Waals surface area contributed by atoms with Gasteiger partial charge in [-0.2, -0.15) is 0 Å². The fourth-order valence-corrected chi connectivity index (χ4v) is 2.47. The van der Waals surface area contributed by atoms with E-state index in [0.29, 0.717) is 0 Å². The summed E-state index contributed by atoms with van der Waals surface area (Å²) in [4.78, 5) is 2.43. The Labute approximate surface area is 104 Å². The number of nitrogens with zero attached hydrogens (tertiary/aromatic N) is 1. The lowest BCUT2D eigenvalue weighted by Crippen LogP contribution is -2.53. The van der Waals surface area contributed by atoms with Crippen molar-refractivity contribution in [3.8, 4) is 5.75 Å². The number of likely N-dealkylation sites (N-methyl/N-ethyl adjacent to an activating group) is 1. The summed E-state index contributed by atoms with van der Waals surface area (Å²) in [5.74, 6) is 0.930. The minimum absolute atomic E-state index is 0.224. The lowest BCUT2D eigenvalue weighted by atomic mass is 9.91. The maximum atomic E-state index is 5.28. The third-order valence-corrected chi connectivity index (χ3v) is 3.72. The average molecular weight is 234 g/mol. The van der Waals surface area contributed by atoms with Crippen molar-refractivity contribution < 1.29 is 4.74 Å². The van der Waals surface area contributed by atoms with Gasteiger partial charge in [0.2, 0.25) is 0 Å². The van der Waals surface area contributed by atoms with E-state index in [1.807, 2.05) is 6.07 Å². The number of hydrogen-bond acceptors (Lipinski definition) is 3. The van der Waals surface area contributed by atoms with Gasteiger partial charge < -0.3 is 15.0 Å². The normalized spacial score (nSPS) is 24.8. The molecule has 1 aromatic carbocycles. The van der Waals surface area contributed by atoms with Crippen LogP contribution in [0.4, 0.5) is 5.69 Å². The highest BCUT2D eigenvalue weighted by atomic mass is 16.5. The SMILES string of the molecule is CNC1(C)CCCN(c2cccc(OC)c2)C1. The minimum atomic E-state index is 0.224. The van der Waals surface area contributed by atoms with Crippen LogP contribution in [0.3, 0.4) is 0 Å². The van der Waals surface area contributed by atoms with Gasteiger partial charge in [0, 0.05) is 30.4 Å². The van der Waals surface area contributed by atoms with Gasteiger partial charge in [0.05, 0.1) is 7.11 Å². The van der Waals surface area contributed by atoms with Crippen molar-refractivity contribution in [3.63, 3.8) is 0 Å². The second-order valence-electron chi connectivity index (χ2n) is 5.04. The fraction of sp³-hybridized carbons (Fsp3) is 0.571. The summed E-state index contributed by atoms with van der Waals surface area (Å²) in [5.41, 5.74) is 1.48. The van der Waals surface area contributed by atoms with Gasteiger partial charge in [-0.1, -0.05) is 6.07 Å². The predicted molar refractivity (Wildman–Crippen MR) is 71.9 cm³/mol. The first-order valence-electron chi connectivity index (χ1n) is 6.25. The molecule has 1 unspecified atom stereocenters. The molecule has 0 amide bonds. The zero-order chi connectivity index (χ0) is 12.3. The van der Waals surface area contributed by atoms with Crippen molar-refractivity contribution in [2.75, 3.05) is 32.1 Å². The highest BCUT2D eigenvalue weighted by molar-refractivity contribution is 5.51. The van der Waals surface area contributed by atoms with E-state index in [0.717, 1.165) is 18.8 Å². The van der Waals surface area contributed by atoms with Gasteiger partial charge >= 0.3 is 0 Å². The number of anilines is 1. The molecular weight excluding hydrogens is 212 g/mol. The number of nitrogens with one attached hydrogen (secondary N) is 1. The van der Waals surface area contributed by atoms with E-state index in [9.17, 15) is 0 Å². The zero-order valence-corrected chi connectivity index (χ0v) is 11.0. The molecule has 0 bridgehead atoms. The molecule has 1 heterocycles. The summed E-state index contributed by atoms with van der Waals surface area (Å²) >= 11 is 0. The molecule has 2 rings (SSSR count). The van der Waals surface area contributed by atoms with Gasteiger partial charge in [0.15, 0.2) is 0 Å². The summed E-state index contributed by atoms with van der Waals surface area (Å²) in [6.07, 6.45) is 2.47. The molecule has 1 saturated heterocycles. The van der Waals surface area contributed by atoms with Crippen molar-refractivity contribution >= 4 is 5.69 Å². The number of piperidine rings is 1. The maximum absolute atomic E-state index is 5.28. The van der Waals surface area contributed by atoms with Crippen LogP contribution in [0.25, 0.3) is 0 Å². The topological polar surface area (TPSA) is 24.5 Å². The Balaban J connectivity index is 2.16. The lowest BCUT2D eigenvalue weighted by Gasteiger charge is -2.41. The molecule has 0 aromatic heterocycles. The Morgan fingerprint density at radius 1 is 1.41 bits per heavy atom. The quantitative estimate of drug-likeness (QED) is 0.868. The minimum Gasteiger partial charge on any atom is -0.497 e. The van der Waals surface area contributed by atoms with Crippen molar-refractivity contribution in [1.29, 1.82) is 0 Å². The molecule has 1 aliphatic heterocycles. The second kappa shape index (κ2) is 4.96. The standard InChI is InChI=1S/C14H22N2O/c1-14(15-2)8-5-9-16(11-14)12-6-4-7-13(10-12)17-3/h4,6-7,10,15H,5,8-9,11H2,1-3H3. The molecule has 3 heteroatoms. The Bertz CT molecular complexity index is 380. The van der Waals surface area contributed by atoms with Crippen molar-refractivity contribution in [2.24, 2.45) is 0 Å². The summed E-state index contributed by atoms with van der Waals surface area (Å²) in [6, 6.07) is 8.32. The van der Waals surface area contributed by atoms with Gasteiger partial charge in [-0.3, -0.25) is 0 Å². The van der Waals surface area contributed by atoms with Crippen LogP contribution in [0.1, 0.15) is 19.8 Å². The predicted octanol–water partition coefficient (Wildman–Crippen LogP) is 2.27. The number of ether oxygens (including phenoxy) is 1. The fourth-order valence-electron chi connectivity index (χ4n) is 2.47. The third-order valence-electron chi connectivity index (χ3n) is 3.72. The summed E-state index contributed by atoms with van der Waals surface area (Å²) in [7, 11) is 3.77. The van der Waals surface area contributed by atoms with Gasteiger partial charge in [-0.15, -0.1) is 0 Å². The van der Waals surface area contributed by atoms with Crippen molar-refractivity contribution in [2.45, 2.75) is 25.3 Å². The van der Waals surface area contributed by atoms with Crippen LogP contribution in [0.5, 0.6) is 5.75 Å². The van der Waals surface area contributed by atoms with Gasteiger partial charge in [-0.05, 0) is 38.9 Å². The zero-order valence-electron chi connectivity index (χ0n) is 11.0. The molecule has 0 saturated carbocycles. The molecule has 0 aliphatic carbocycles. The van der Waals surface area contributed by atoms with Crippen LogP contribution in [0.15, 0.2) is 24.3 Å². The monoisotopic (exact) mass is 234 g/mol. The summed E-state index contributed by atoms with van der Waals surface area (Å²) in [5, 5.41) is 3.44. The van der Waals surface area contributed by atoms with Crippen molar-refractivity contribution in [1.82, 2.24) is 5.32 Å².